The summed E-state index contributed by atoms with van der Waals surface area (Å²) in [5.41, 5.74) is 0.880. The van der Waals surface area contributed by atoms with Gasteiger partial charge in [-0.1, -0.05) is 47.2 Å². The van der Waals surface area contributed by atoms with Crippen LogP contribution in [0.4, 0.5) is 5.13 Å². The van der Waals surface area contributed by atoms with Crippen molar-refractivity contribution in [2.45, 2.75) is 13.0 Å². The van der Waals surface area contributed by atoms with E-state index < -0.39 is 6.10 Å². The molecule has 0 aliphatic heterocycles. The van der Waals surface area contributed by atoms with E-state index in [0.29, 0.717) is 26.7 Å². The number of carbonyl (C=O) groups is 1. The highest BCUT2D eigenvalue weighted by molar-refractivity contribution is 7.18. The van der Waals surface area contributed by atoms with Crippen LogP contribution < -0.4 is 14.8 Å². The van der Waals surface area contributed by atoms with Crippen LogP contribution in [-0.4, -0.2) is 29.3 Å². The minimum absolute atomic E-state index is 0.324. The van der Waals surface area contributed by atoms with Crippen molar-refractivity contribution >= 4 is 34.0 Å². The fourth-order valence-electron chi connectivity index (χ4n) is 2.15. The van der Waals surface area contributed by atoms with Gasteiger partial charge in [0.05, 0.1) is 7.11 Å². The lowest BCUT2D eigenvalue weighted by atomic mass is 10.2. The molecule has 0 saturated carbocycles. The standard InChI is InChI=1S/C18H16ClN3O3S/c1-11(25-15-6-4-3-5-14(15)24-2)16(23)20-18-22-21-17(26-18)12-7-9-13(19)10-8-12/h3-11H,1-2H3,(H,20,22,23)/t11-/m0/s1. The lowest BCUT2D eigenvalue weighted by Gasteiger charge is -2.15. The van der Waals surface area contributed by atoms with Crippen LogP contribution in [0.2, 0.25) is 5.02 Å². The fraction of sp³-hybridized carbons (Fsp3) is 0.167. The van der Waals surface area contributed by atoms with Gasteiger partial charge in [0, 0.05) is 10.6 Å². The Balaban J connectivity index is 1.65. The Kier molecular flexibility index (Phi) is 5.70. The molecule has 0 unspecified atom stereocenters. The summed E-state index contributed by atoms with van der Waals surface area (Å²) in [5.74, 6) is 0.736. The maximum Gasteiger partial charge on any atom is 0.266 e. The zero-order valence-electron chi connectivity index (χ0n) is 14.1. The van der Waals surface area contributed by atoms with Crippen LogP contribution in [0.5, 0.6) is 11.5 Å². The van der Waals surface area contributed by atoms with E-state index >= 15 is 0 Å². The Labute approximate surface area is 159 Å². The first-order valence-corrected chi connectivity index (χ1v) is 8.96. The minimum Gasteiger partial charge on any atom is -0.493 e. The molecule has 0 saturated heterocycles. The van der Waals surface area contributed by atoms with Gasteiger partial charge < -0.3 is 9.47 Å². The number of halogens is 1. The third kappa shape index (κ3) is 4.30. The largest absolute Gasteiger partial charge is 0.493 e. The summed E-state index contributed by atoms with van der Waals surface area (Å²) in [4.78, 5) is 12.4. The van der Waals surface area contributed by atoms with Crippen LogP contribution in [0.25, 0.3) is 10.6 Å². The number of ether oxygens (including phenoxy) is 2. The summed E-state index contributed by atoms with van der Waals surface area (Å²) < 4.78 is 10.9. The molecule has 3 aromatic rings. The molecule has 1 heterocycles. The summed E-state index contributed by atoms with van der Waals surface area (Å²) in [6.45, 7) is 1.66. The molecule has 134 valence electrons. The molecular formula is C18H16ClN3O3S. The average molecular weight is 390 g/mol. The molecule has 6 nitrogen and oxygen atoms in total. The van der Waals surface area contributed by atoms with Gasteiger partial charge in [0.15, 0.2) is 17.6 Å². The number of anilines is 1. The van der Waals surface area contributed by atoms with Crippen molar-refractivity contribution in [3.05, 3.63) is 53.6 Å². The fourth-order valence-corrected chi connectivity index (χ4v) is 3.03. The molecule has 1 aromatic heterocycles. The van der Waals surface area contributed by atoms with Crippen LogP contribution in [-0.2, 0) is 4.79 Å². The summed E-state index contributed by atoms with van der Waals surface area (Å²) >= 11 is 7.16. The summed E-state index contributed by atoms with van der Waals surface area (Å²) in [7, 11) is 1.55. The number of amides is 1. The molecule has 2 aromatic carbocycles. The number of rotatable bonds is 6. The number of nitrogens with zero attached hydrogens (tertiary/aromatic N) is 2. The maximum absolute atomic E-state index is 12.4. The average Bonchev–Trinajstić information content (AvgIpc) is 3.11. The molecular weight excluding hydrogens is 374 g/mol. The molecule has 3 rings (SSSR count). The molecule has 1 N–H and O–H groups in total. The van der Waals surface area contributed by atoms with E-state index in [0.717, 1.165) is 5.56 Å². The van der Waals surface area contributed by atoms with E-state index in [4.69, 9.17) is 21.1 Å². The van der Waals surface area contributed by atoms with Crippen LogP contribution in [0.3, 0.4) is 0 Å². The quantitative estimate of drug-likeness (QED) is 0.681. The highest BCUT2D eigenvalue weighted by atomic mass is 35.5. The van der Waals surface area contributed by atoms with E-state index in [9.17, 15) is 4.79 Å². The zero-order valence-corrected chi connectivity index (χ0v) is 15.7. The Morgan fingerprint density at radius 3 is 2.50 bits per heavy atom. The van der Waals surface area contributed by atoms with Crippen molar-refractivity contribution in [3.8, 4) is 22.1 Å². The second-order valence-electron chi connectivity index (χ2n) is 5.32. The van der Waals surface area contributed by atoms with Crippen LogP contribution in [0.1, 0.15) is 6.92 Å². The predicted octanol–water partition coefficient (Wildman–Crippen LogP) is 4.27. The molecule has 0 fully saturated rings. The third-order valence-electron chi connectivity index (χ3n) is 3.49. The Morgan fingerprint density at radius 1 is 1.12 bits per heavy atom. The highest BCUT2D eigenvalue weighted by Crippen LogP contribution is 2.29. The van der Waals surface area contributed by atoms with Crippen molar-refractivity contribution in [2.24, 2.45) is 0 Å². The van der Waals surface area contributed by atoms with Gasteiger partial charge in [-0.05, 0) is 31.2 Å². The van der Waals surface area contributed by atoms with Crippen molar-refractivity contribution in [1.29, 1.82) is 0 Å². The van der Waals surface area contributed by atoms with E-state index in [2.05, 4.69) is 15.5 Å². The Morgan fingerprint density at radius 2 is 1.81 bits per heavy atom. The minimum atomic E-state index is -0.728. The smallest absolute Gasteiger partial charge is 0.266 e. The normalized spacial score (nSPS) is 11.7. The molecule has 1 atom stereocenters. The van der Waals surface area contributed by atoms with Crippen molar-refractivity contribution in [3.63, 3.8) is 0 Å². The number of nitrogens with one attached hydrogen (secondary N) is 1. The molecule has 0 spiro atoms. The number of aromatic nitrogens is 2. The first kappa shape index (κ1) is 18.2. The van der Waals surface area contributed by atoms with E-state index in [1.54, 1.807) is 38.3 Å². The SMILES string of the molecule is COc1ccccc1O[C@@H](C)C(=O)Nc1nnc(-c2ccc(Cl)cc2)s1. The lowest BCUT2D eigenvalue weighted by molar-refractivity contribution is -0.122. The maximum atomic E-state index is 12.4. The van der Waals surface area contributed by atoms with Crippen LogP contribution in [0, 0.1) is 0 Å². The second kappa shape index (κ2) is 8.16. The highest BCUT2D eigenvalue weighted by Gasteiger charge is 2.18. The van der Waals surface area contributed by atoms with E-state index in [1.165, 1.54) is 11.3 Å². The van der Waals surface area contributed by atoms with Gasteiger partial charge in [-0.15, -0.1) is 10.2 Å². The Hall–Kier alpha value is -2.64. The Bertz CT molecular complexity index is 899. The summed E-state index contributed by atoms with van der Waals surface area (Å²) in [5, 5.41) is 12.5. The number of carbonyl (C=O) groups excluding carboxylic acids is 1. The topological polar surface area (TPSA) is 73.3 Å². The van der Waals surface area contributed by atoms with Gasteiger partial charge in [0.1, 0.15) is 5.01 Å². The molecule has 8 heteroatoms. The van der Waals surface area contributed by atoms with Gasteiger partial charge in [0.2, 0.25) is 5.13 Å². The van der Waals surface area contributed by atoms with Gasteiger partial charge >= 0.3 is 0 Å². The number of benzene rings is 2. The predicted molar refractivity (Wildman–Crippen MR) is 102 cm³/mol. The van der Waals surface area contributed by atoms with Crippen molar-refractivity contribution in [1.82, 2.24) is 10.2 Å². The van der Waals surface area contributed by atoms with Crippen LogP contribution >= 0.6 is 22.9 Å². The molecule has 0 bridgehead atoms. The molecule has 0 radical (unpaired) electrons. The lowest BCUT2D eigenvalue weighted by Crippen LogP contribution is -2.30. The van der Waals surface area contributed by atoms with Gasteiger partial charge in [-0.2, -0.15) is 0 Å². The number of methoxy groups -OCH3 is 1. The van der Waals surface area contributed by atoms with Crippen LogP contribution in [0.15, 0.2) is 48.5 Å². The zero-order chi connectivity index (χ0) is 18.5. The molecule has 26 heavy (non-hydrogen) atoms. The molecule has 1 amide bonds. The summed E-state index contributed by atoms with van der Waals surface area (Å²) in [6.07, 6.45) is -0.728. The van der Waals surface area contributed by atoms with Gasteiger partial charge in [-0.3, -0.25) is 10.1 Å². The summed E-state index contributed by atoms with van der Waals surface area (Å²) in [6, 6.07) is 14.4. The monoisotopic (exact) mass is 389 g/mol. The molecule has 0 aliphatic rings. The molecule has 0 aliphatic carbocycles. The first-order valence-electron chi connectivity index (χ1n) is 7.77. The number of para-hydroxylation sites is 2. The number of hydrogen-bond acceptors (Lipinski definition) is 6. The van der Waals surface area contributed by atoms with Gasteiger partial charge in [0.25, 0.3) is 5.91 Å². The van der Waals surface area contributed by atoms with Crippen molar-refractivity contribution < 1.29 is 14.3 Å². The van der Waals surface area contributed by atoms with Crippen molar-refractivity contribution in [2.75, 3.05) is 12.4 Å². The van der Waals surface area contributed by atoms with E-state index in [1.807, 2.05) is 24.3 Å². The second-order valence-corrected chi connectivity index (χ2v) is 6.73. The van der Waals surface area contributed by atoms with Gasteiger partial charge in [-0.25, -0.2) is 0 Å². The third-order valence-corrected chi connectivity index (χ3v) is 4.63. The first-order chi connectivity index (χ1) is 12.6. The number of hydrogen-bond donors (Lipinski definition) is 1. The van der Waals surface area contributed by atoms with E-state index in [-0.39, 0.29) is 5.91 Å².